The average molecular weight is 271 g/mol. The fourth-order valence-electron chi connectivity index (χ4n) is 1.47. The first-order chi connectivity index (χ1) is 7.19. The first kappa shape index (κ1) is 12.6. The molecule has 0 radical (unpaired) electrons. The Labute approximate surface area is 95.2 Å². The molecule has 0 saturated heterocycles. The molecule has 0 aliphatic rings. The van der Waals surface area contributed by atoms with Gasteiger partial charge in [0.2, 0.25) is 0 Å². The van der Waals surface area contributed by atoms with Gasteiger partial charge in [0.05, 0.1) is 0 Å². The van der Waals surface area contributed by atoms with Crippen LogP contribution in [0.25, 0.3) is 0 Å². The zero-order valence-electron chi connectivity index (χ0n) is 8.98. The molecule has 0 heterocycles. The number of aryl methyl sites for hydroxylation is 1. The Hall–Kier alpha value is -0.502. The molecule has 0 amide bonds. The van der Waals surface area contributed by atoms with Gasteiger partial charge in [0, 0.05) is 0 Å². The predicted molar refractivity (Wildman–Crippen MR) is 64.8 cm³/mol. The Kier molecular flexibility index (Phi) is 5.16. The molecule has 0 saturated carbocycles. The van der Waals surface area contributed by atoms with Crippen molar-refractivity contribution in [3.8, 4) is 0 Å². The van der Waals surface area contributed by atoms with Crippen LogP contribution in [0.2, 0.25) is 10.4 Å². The molecule has 1 rings (SSSR count). The minimum absolute atomic E-state index is 0.212. The van der Waals surface area contributed by atoms with Crippen LogP contribution < -0.4 is 10.1 Å². The molecule has 4 heteroatoms. The Bertz CT molecular complexity index is 311. The zero-order chi connectivity index (χ0) is 11.3. The van der Waals surface area contributed by atoms with Crippen LogP contribution in [0, 0.1) is 6.92 Å². The summed E-state index contributed by atoms with van der Waals surface area (Å²) in [5.41, 5.74) is 7.65. The van der Waals surface area contributed by atoms with E-state index in [0.717, 1.165) is 21.7 Å². The summed E-state index contributed by atoms with van der Waals surface area (Å²) >= 11 is -1.27. The van der Waals surface area contributed by atoms with Crippen LogP contribution in [0.4, 0.5) is 5.69 Å². The summed E-state index contributed by atoms with van der Waals surface area (Å²) in [5.74, 6) is 0. The molecule has 15 heavy (non-hydrogen) atoms. The van der Waals surface area contributed by atoms with Crippen molar-refractivity contribution in [2.24, 2.45) is 0 Å². The molecule has 84 valence electrons. The quantitative estimate of drug-likeness (QED) is 0.532. The number of rotatable bonds is 5. The Balaban J connectivity index is 2.85. The fourth-order valence-corrected chi connectivity index (χ4v) is 5.42. The van der Waals surface area contributed by atoms with Gasteiger partial charge in [0.15, 0.2) is 0 Å². The van der Waals surface area contributed by atoms with Crippen LogP contribution in [0.3, 0.4) is 0 Å². The van der Waals surface area contributed by atoms with Gasteiger partial charge in [0.25, 0.3) is 0 Å². The molecule has 4 N–H and O–H groups in total. The third kappa shape index (κ3) is 3.53. The van der Waals surface area contributed by atoms with E-state index in [4.69, 9.17) is 15.9 Å². The number of benzene rings is 1. The van der Waals surface area contributed by atoms with Crippen molar-refractivity contribution in [2.45, 2.75) is 17.3 Å². The standard InChI is InChI=1S/C11H18AsNO2/c1-9-8-10(2-3-11(9)13)12(4-6-14)5-7-15/h2-3,8,14-15H,4-7,13H2,1H3. The summed E-state index contributed by atoms with van der Waals surface area (Å²) < 4.78 is 1.29. The maximum absolute atomic E-state index is 8.98. The second-order valence-electron chi connectivity index (χ2n) is 3.48. The topological polar surface area (TPSA) is 66.5 Å². The van der Waals surface area contributed by atoms with E-state index in [1.165, 1.54) is 4.35 Å². The van der Waals surface area contributed by atoms with E-state index in [1.54, 1.807) is 0 Å². The SMILES string of the molecule is Cc1cc([As](CCO)CCO)ccc1N. The van der Waals surface area contributed by atoms with Crippen LogP contribution >= 0.6 is 0 Å². The first-order valence-corrected chi connectivity index (χ1v) is 8.61. The van der Waals surface area contributed by atoms with Crippen molar-refractivity contribution in [1.29, 1.82) is 0 Å². The van der Waals surface area contributed by atoms with Gasteiger partial charge in [-0.2, -0.15) is 0 Å². The normalized spacial score (nSPS) is 10.9. The number of aliphatic hydroxyl groups excluding tert-OH is 2. The number of nitrogen functional groups attached to an aromatic ring is 1. The van der Waals surface area contributed by atoms with Crippen LogP contribution in [0.1, 0.15) is 5.56 Å². The number of aliphatic hydroxyl groups is 2. The molecule has 3 nitrogen and oxygen atoms in total. The molecule has 0 unspecified atom stereocenters. The van der Waals surface area contributed by atoms with E-state index in [1.807, 2.05) is 19.1 Å². The summed E-state index contributed by atoms with van der Waals surface area (Å²) in [7, 11) is 0. The second-order valence-corrected chi connectivity index (χ2v) is 8.70. The van der Waals surface area contributed by atoms with Gasteiger partial charge in [0.1, 0.15) is 0 Å². The van der Waals surface area contributed by atoms with Crippen molar-refractivity contribution in [1.82, 2.24) is 0 Å². The number of hydrogen-bond acceptors (Lipinski definition) is 3. The van der Waals surface area contributed by atoms with Gasteiger partial charge in [-0.1, -0.05) is 0 Å². The number of hydrogen-bond donors (Lipinski definition) is 3. The van der Waals surface area contributed by atoms with Crippen LogP contribution in [0.5, 0.6) is 0 Å². The molecule has 0 spiro atoms. The van der Waals surface area contributed by atoms with Gasteiger partial charge in [-0.15, -0.1) is 0 Å². The monoisotopic (exact) mass is 271 g/mol. The minimum atomic E-state index is -1.27. The van der Waals surface area contributed by atoms with E-state index in [2.05, 4.69) is 6.07 Å². The summed E-state index contributed by atoms with van der Waals surface area (Å²) in [6, 6.07) is 6.05. The van der Waals surface area contributed by atoms with Gasteiger partial charge in [-0.25, -0.2) is 0 Å². The molecule has 1 aromatic carbocycles. The van der Waals surface area contributed by atoms with Gasteiger partial charge >= 0.3 is 95.0 Å². The van der Waals surface area contributed by atoms with Crippen molar-refractivity contribution in [3.63, 3.8) is 0 Å². The van der Waals surface area contributed by atoms with E-state index < -0.39 is 14.7 Å². The molecule has 0 fully saturated rings. The third-order valence-corrected chi connectivity index (χ3v) is 7.58. The van der Waals surface area contributed by atoms with E-state index >= 15 is 0 Å². The Morgan fingerprint density at radius 2 is 1.80 bits per heavy atom. The molecule has 0 aliphatic heterocycles. The average Bonchev–Trinajstić information content (AvgIpc) is 2.22. The zero-order valence-corrected chi connectivity index (χ0v) is 10.9. The van der Waals surface area contributed by atoms with Crippen LogP contribution in [0.15, 0.2) is 18.2 Å². The summed E-state index contributed by atoms with van der Waals surface area (Å²) in [5, 5.41) is 19.6. The van der Waals surface area contributed by atoms with E-state index in [-0.39, 0.29) is 13.2 Å². The van der Waals surface area contributed by atoms with Crippen LogP contribution in [-0.2, 0) is 0 Å². The van der Waals surface area contributed by atoms with Gasteiger partial charge in [-0.05, 0) is 0 Å². The van der Waals surface area contributed by atoms with Crippen molar-refractivity contribution < 1.29 is 10.2 Å². The third-order valence-electron chi connectivity index (χ3n) is 2.36. The predicted octanol–water partition coefficient (Wildman–Crippen LogP) is 0.264. The van der Waals surface area contributed by atoms with Crippen molar-refractivity contribution in [3.05, 3.63) is 23.8 Å². The molecular weight excluding hydrogens is 253 g/mol. The molecule has 0 atom stereocenters. The maximum atomic E-state index is 8.98. The molecule has 1 aromatic rings. The van der Waals surface area contributed by atoms with Gasteiger partial charge < -0.3 is 0 Å². The number of nitrogens with two attached hydrogens (primary N) is 1. The molecule has 0 bridgehead atoms. The Morgan fingerprint density at radius 3 is 2.27 bits per heavy atom. The fraction of sp³-hybridized carbons (Fsp3) is 0.455. The van der Waals surface area contributed by atoms with Crippen molar-refractivity contribution in [2.75, 3.05) is 18.9 Å². The number of anilines is 1. The molecule has 0 aromatic heterocycles. The second kappa shape index (κ2) is 6.16. The first-order valence-electron chi connectivity index (χ1n) is 5.02. The van der Waals surface area contributed by atoms with E-state index in [0.29, 0.717) is 0 Å². The Morgan fingerprint density at radius 1 is 1.20 bits per heavy atom. The molecule has 0 aliphatic carbocycles. The van der Waals surface area contributed by atoms with Crippen molar-refractivity contribution >= 4 is 24.7 Å². The summed E-state index contributed by atoms with van der Waals surface area (Å²) in [6.07, 6.45) is 0. The van der Waals surface area contributed by atoms with Crippen LogP contribution in [-0.4, -0.2) is 38.1 Å². The van der Waals surface area contributed by atoms with E-state index in [9.17, 15) is 0 Å². The summed E-state index contributed by atoms with van der Waals surface area (Å²) in [4.78, 5) is 0. The van der Waals surface area contributed by atoms with Gasteiger partial charge in [-0.3, -0.25) is 0 Å². The molecular formula is C11H18AsNO2. The summed E-state index contributed by atoms with van der Waals surface area (Å²) in [6.45, 7) is 2.41.